The first-order valence-corrected chi connectivity index (χ1v) is 15.9. The van der Waals surface area contributed by atoms with E-state index < -0.39 is 81.8 Å². The summed E-state index contributed by atoms with van der Waals surface area (Å²) in [6.45, 7) is 23.0. The molecule has 3 aliphatic heterocycles. The van der Waals surface area contributed by atoms with Crippen LogP contribution >= 0.6 is 0 Å². The van der Waals surface area contributed by atoms with E-state index in [-0.39, 0.29) is 0 Å². The van der Waals surface area contributed by atoms with E-state index in [4.69, 9.17) is 29.8 Å². The van der Waals surface area contributed by atoms with Crippen molar-refractivity contribution in [2.24, 2.45) is 5.92 Å². The van der Waals surface area contributed by atoms with E-state index in [2.05, 4.69) is 0 Å². The number of esters is 3. The van der Waals surface area contributed by atoms with Crippen LogP contribution in [-0.2, 0) is 28.6 Å². The van der Waals surface area contributed by atoms with Crippen molar-refractivity contribution in [3.63, 3.8) is 0 Å². The zero-order chi connectivity index (χ0) is 33.8. The van der Waals surface area contributed by atoms with Gasteiger partial charge < -0.3 is 29.8 Å². The number of hydrogen-bond donors (Lipinski definition) is 0. The molecule has 3 rings (SSSR count). The summed E-state index contributed by atoms with van der Waals surface area (Å²) >= 11 is 0. The molecule has 12 nitrogen and oxygen atoms in total. The van der Waals surface area contributed by atoms with Crippen molar-refractivity contribution >= 4 is 17.9 Å². The molecule has 0 amide bonds. The smallest absolute Gasteiger partial charge is 0.321 e. The average molecular weight is 631 g/mol. The van der Waals surface area contributed by atoms with Crippen LogP contribution in [-0.4, -0.2) is 100 Å². The highest BCUT2D eigenvalue weighted by Gasteiger charge is 2.53. The fourth-order valence-corrected chi connectivity index (χ4v) is 7.97. The first kappa shape index (κ1) is 36.6. The molecule has 0 bridgehead atoms. The molecule has 0 saturated carbocycles. The van der Waals surface area contributed by atoms with Crippen molar-refractivity contribution < 1.29 is 44.2 Å². The molecule has 3 heterocycles. The summed E-state index contributed by atoms with van der Waals surface area (Å²) in [7, 11) is 0. The monoisotopic (exact) mass is 630 g/mol. The van der Waals surface area contributed by atoms with Gasteiger partial charge in [0.2, 0.25) is 0 Å². The molecule has 44 heavy (non-hydrogen) atoms. The molecule has 0 radical (unpaired) electrons. The van der Waals surface area contributed by atoms with Gasteiger partial charge in [-0.2, -0.15) is 0 Å². The number of rotatable bonds is 7. The second-order valence-corrected chi connectivity index (χ2v) is 17.1. The van der Waals surface area contributed by atoms with Gasteiger partial charge >= 0.3 is 17.9 Å². The van der Waals surface area contributed by atoms with E-state index >= 15 is 0 Å². The fraction of sp³-hybridized carbons (Fsp3) is 0.906. The van der Waals surface area contributed by atoms with Gasteiger partial charge in [-0.05, 0) is 83.1 Å². The van der Waals surface area contributed by atoms with Crippen LogP contribution in [0.15, 0.2) is 0 Å². The standard InChI is InChI=1S/C32H57N3O9/c1-27(2)14-20(15-28(3,4)33(27)39)42-24(36)13-23(25(37)43-21-16-29(5,6)34(40)30(7,8)17-21)26(38)44-22-18-31(9,10)35(41)32(11,12)19-22/h20-23,39-41H,13-19H2,1-12H3/p+3. The molecule has 0 aromatic carbocycles. The van der Waals surface area contributed by atoms with E-state index in [1.165, 1.54) is 15.2 Å². The largest absolute Gasteiger partial charge is 0.462 e. The van der Waals surface area contributed by atoms with Gasteiger partial charge in [-0.1, -0.05) is 15.2 Å². The predicted molar refractivity (Wildman–Crippen MR) is 166 cm³/mol. The van der Waals surface area contributed by atoms with Crippen molar-refractivity contribution in [2.75, 3.05) is 0 Å². The maximum absolute atomic E-state index is 13.7. The Balaban J connectivity index is 1.81. The van der Waals surface area contributed by atoms with E-state index in [1.807, 2.05) is 83.1 Å². The van der Waals surface area contributed by atoms with Gasteiger partial charge in [0.1, 0.15) is 18.3 Å². The van der Waals surface area contributed by atoms with Crippen LogP contribution in [0.4, 0.5) is 0 Å². The highest BCUT2D eigenvalue weighted by Crippen LogP contribution is 2.41. The summed E-state index contributed by atoms with van der Waals surface area (Å²) in [5, 5.41) is 30.2. The molecule has 3 aliphatic rings. The topological polar surface area (TPSA) is 157 Å². The molecule has 0 aromatic heterocycles. The van der Waals surface area contributed by atoms with Gasteiger partial charge in [0.25, 0.3) is 0 Å². The number of piperidine rings is 3. The number of carbonyl (C=O) groups is 3. The fourth-order valence-electron chi connectivity index (χ4n) is 7.97. The lowest BCUT2D eigenvalue weighted by Gasteiger charge is -2.47. The Morgan fingerprint density at radius 2 is 0.750 bits per heavy atom. The second kappa shape index (κ2) is 12.1. The Kier molecular flexibility index (Phi) is 10.1. The summed E-state index contributed by atoms with van der Waals surface area (Å²) < 4.78 is 17.7. The van der Waals surface area contributed by atoms with Crippen LogP contribution in [0.1, 0.15) is 128 Å². The summed E-state index contributed by atoms with van der Waals surface area (Å²) in [4.78, 5) is 40.8. The van der Waals surface area contributed by atoms with Crippen LogP contribution in [0.2, 0.25) is 0 Å². The molecule has 6 N–H and O–H groups in total. The normalized spacial score (nSPS) is 27.5. The lowest BCUT2D eigenvalue weighted by Crippen LogP contribution is -2.61. The van der Waals surface area contributed by atoms with E-state index in [0.29, 0.717) is 38.5 Å². The quantitative estimate of drug-likeness (QED) is 0.178. The maximum atomic E-state index is 13.7. The highest BCUT2D eigenvalue weighted by molar-refractivity contribution is 5.98. The van der Waals surface area contributed by atoms with E-state index in [1.54, 1.807) is 0 Å². The Morgan fingerprint density at radius 1 is 0.523 bits per heavy atom. The minimum Gasteiger partial charge on any atom is -0.462 e. The third kappa shape index (κ3) is 7.93. The molecular formula is C32H60N3O9+3. The Morgan fingerprint density at radius 3 is 1.00 bits per heavy atom. The summed E-state index contributed by atoms with van der Waals surface area (Å²) in [5.74, 6) is -3.87. The molecule has 0 aliphatic carbocycles. The summed E-state index contributed by atoms with van der Waals surface area (Å²) in [6.07, 6.45) is 0.391. The lowest BCUT2D eigenvalue weighted by molar-refractivity contribution is -0.262. The van der Waals surface area contributed by atoms with E-state index in [0.717, 1.165) is 0 Å². The van der Waals surface area contributed by atoms with Crippen molar-refractivity contribution in [1.82, 2.24) is 15.2 Å². The van der Waals surface area contributed by atoms with Gasteiger partial charge in [-0.25, -0.2) is 0 Å². The van der Waals surface area contributed by atoms with Gasteiger partial charge in [-0.15, -0.1) is 0 Å². The molecule has 254 valence electrons. The van der Waals surface area contributed by atoms with Crippen molar-refractivity contribution in [2.45, 2.75) is 180 Å². The third-order valence-electron chi connectivity index (χ3n) is 9.80. The SMILES string of the molecule is CC1(C)CC(OC(=O)CC(C(=O)OC2CC(C)(C)N([OH2+])C(C)(C)C2)C(=O)OC2CC(C)(C)N([OH2+])C(C)(C)C2)CC(C)(C)N1[OH2+]. The number of hydroxylamine groups is 6. The van der Waals surface area contributed by atoms with Gasteiger partial charge in [0.05, 0.1) is 39.7 Å². The maximum Gasteiger partial charge on any atom is 0.321 e. The zero-order valence-electron chi connectivity index (χ0n) is 29.1. The molecule has 0 aromatic rings. The Bertz CT molecular complexity index is 991. The van der Waals surface area contributed by atoms with Crippen LogP contribution in [0.3, 0.4) is 0 Å². The molecule has 0 spiro atoms. The second-order valence-electron chi connectivity index (χ2n) is 17.1. The van der Waals surface area contributed by atoms with Crippen molar-refractivity contribution in [3.8, 4) is 0 Å². The van der Waals surface area contributed by atoms with Gasteiger partial charge in [0.15, 0.2) is 5.92 Å². The Labute approximate surface area is 262 Å². The molecule has 3 saturated heterocycles. The minimum absolute atomic E-state index is 0.401. The highest BCUT2D eigenvalue weighted by atomic mass is 16.6. The van der Waals surface area contributed by atoms with Crippen LogP contribution in [0.5, 0.6) is 0 Å². The van der Waals surface area contributed by atoms with Crippen LogP contribution in [0.25, 0.3) is 0 Å². The van der Waals surface area contributed by atoms with Crippen LogP contribution < -0.4 is 0 Å². The predicted octanol–water partition coefficient (Wildman–Crippen LogP) is 2.61. The molecule has 3 fully saturated rings. The number of ether oxygens (including phenoxy) is 3. The van der Waals surface area contributed by atoms with Gasteiger partial charge in [0, 0.05) is 38.5 Å². The number of carbonyl (C=O) groups excluding carboxylic acids is 3. The Hall–Kier alpha value is -1.83. The zero-order valence-corrected chi connectivity index (χ0v) is 29.1. The molecule has 12 heteroatoms. The number of nitrogens with zero attached hydrogens (tertiary/aromatic N) is 3. The third-order valence-corrected chi connectivity index (χ3v) is 9.80. The van der Waals surface area contributed by atoms with E-state index in [9.17, 15) is 14.4 Å². The van der Waals surface area contributed by atoms with Crippen LogP contribution in [0, 0.1) is 5.92 Å². The lowest BCUT2D eigenvalue weighted by atomic mass is 9.80. The van der Waals surface area contributed by atoms with Gasteiger partial charge in [-0.3, -0.25) is 14.4 Å². The molecular weight excluding hydrogens is 570 g/mol. The van der Waals surface area contributed by atoms with Crippen molar-refractivity contribution in [3.05, 3.63) is 0 Å². The minimum atomic E-state index is -1.51. The number of hydrogen-bond acceptors (Lipinski definition) is 9. The first-order valence-electron chi connectivity index (χ1n) is 15.9. The average Bonchev–Trinajstić information content (AvgIpc) is 2.81. The first-order chi connectivity index (χ1) is 19.7. The molecule has 0 atom stereocenters. The van der Waals surface area contributed by atoms with Crippen molar-refractivity contribution in [1.29, 1.82) is 0 Å². The summed E-state index contributed by atoms with van der Waals surface area (Å²) in [6, 6.07) is 0. The summed E-state index contributed by atoms with van der Waals surface area (Å²) in [5.41, 5.74) is -3.37. The molecule has 0 unspecified atom stereocenters.